The fraction of sp³-hybridized carbons (Fsp3) is 0.391. The molecule has 4 rings (SSSR count). The Kier molecular flexibility index (Phi) is 6.22. The number of fused-ring (bicyclic) bond motifs is 1. The number of hydrogen-bond donors (Lipinski definition) is 4. The molecule has 4 unspecified atom stereocenters. The summed E-state index contributed by atoms with van der Waals surface area (Å²) >= 11 is 0. The first-order valence-corrected chi connectivity index (χ1v) is 10.3. The van der Waals surface area contributed by atoms with Crippen LogP contribution in [0.15, 0.2) is 42.5 Å². The molecule has 0 spiro atoms. The summed E-state index contributed by atoms with van der Waals surface area (Å²) in [5.74, 6) is -1.19. The summed E-state index contributed by atoms with van der Waals surface area (Å²) in [6.45, 7) is 0.691. The third-order valence-corrected chi connectivity index (χ3v) is 6.12. The fourth-order valence-electron chi connectivity index (χ4n) is 4.53. The number of methoxy groups -OCH3 is 1. The van der Waals surface area contributed by atoms with Crippen molar-refractivity contribution in [3.63, 3.8) is 0 Å². The van der Waals surface area contributed by atoms with Crippen molar-refractivity contribution in [2.24, 2.45) is 5.92 Å². The molecule has 2 aliphatic heterocycles. The summed E-state index contributed by atoms with van der Waals surface area (Å²) < 4.78 is 10.5. The number of benzene rings is 2. The van der Waals surface area contributed by atoms with Gasteiger partial charge in [-0.25, -0.2) is 10.2 Å². The van der Waals surface area contributed by atoms with Gasteiger partial charge in [-0.1, -0.05) is 24.3 Å². The molecule has 0 radical (unpaired) electrons. The second-order valence-corrected chi connectivity index (χ2v) is 7.98. The van der Waals surface area contributed by atoms with Gasteiger partial charge >= 0.3 is 11.9 Å². The summed E-state index contributed by atoms with van der Waals surface area (Å²) in [6, 6.07) is 12.4. The Bertz CT molecular complexity index is 961. The third kappa shape index (κ3) is 4.56. The summed E-state index contributed by atoms with van der Waals surface area (Å²) in [4.78, 5) is 23.4. The van der Waals surface area contributed by atoms with Crippen molar-refractivity contribution in [1.82, 2.24) is 10.9 Å². The largest absolute Gasteiger partial charge is 0.493 e. The van der Waals surface area contributed by atoms with Crippen molar-refractivity contribution in [3.8, 4) is 5.75 Å². The van der Waals surface area contributed by atoms with Gasteiger partial charge in [-0.3, -0.25) is 10.2 Å². The van der Waals surface area contributed by atoms with E-state index < -0.39 is 12.2 Å². The van der Waals surface area contributed by atoms with Crippen molar-refractivity contribution >= 4 is 11.9 Å². The van der Waals surface area contributed by atoms with Crippen LogP contribution in [0.4, 0.5) is 0 Å². The van der Waals surface area contributed by atoms with E-state index in [2.05, 4.69) is 16.9 Å². The van der Waals surface area contributed by atoms with Gasteiger partial charge in [0.05, 0.1) is 25.7 Å². The zero-order valence-electron chi connectivity index (χ0n) is 17.2. The molecule has 0 bridgehead atoms. The van der Waals surface area contributed by atoms with Crippen LogP contribution >= 0.6 is 0 Å². The van der Waals surface area contributed by atoms with Crippen LogP contribution in [0.1, 0.15) is 39.4 Å². The Labute approximate surface area is 180 Å². The number of carboxylic acids is 1. The van der Waals surface area contributed by atoms with Crippen LogP contribution in [0.2, 0.25) is 0 Å². The monoisotopic (exact) mass is 426 g/mol. The number of aromatic carboxylic acids is 1. The average Bonchev–Trinajstić information content (AvgIpc) is 3.38. The Morgan fingerprint density at radius 3 is 2.68 bits per heavy atom. The van der Waals surface area contributed by atoms with E-state index >= 15 is 0 Å². The zero-order chi connectivity index (χ0) is 22.0. The highest BCUT2D eigenvalue weighted by atomic mass is 16.5. The summed E-state index contributed by atoms with van der Waals surface area (Å²) in [7, 11) is 1.33. The van der Waals surface area contributed by atoms with Crippen LogP contribution in [-0.4, -0.2) is 48.1 Å². The van der Waals surface area contributed by atoms with E-state index in [0.717, 1.165) is 23.3 Å². The Morgan fingerprint density at radius 1 is 1.19 bits per heavy atom. The van der Waals surface area contributed by atoms with Gasteiger partial charge in [-0.2, -0.15) is 0 Å². The number of carbonyl (C=O) groups is 2. The maximum absolute atomic E-state index is 12.2. The lowest BCUT2D eigenvalue weighted by molar-refractivity contribution is -0.141. The number of rotatable bonds is 7. The number of esters is 1. The Morgan fingerprint density at radius 2 is 1.97 bits per heavy atom. The second-order valence-electron chi connectivity index (χ2n) is 7.98. The zero-order valence-corrected chi connectivity index (χ0v) is 17.2. The molecule has 31 heavy (non-hydrogen) atoms. The molecule has 2 aromatic rings. The fourth-order valence-corrected chi connectivity index (χ4v) is 4.53. The van der Waals surface area contributed by atoms with Gasteiger partial charge in [0.1, 0.15) is 12.0 Å². The minimum Gasteiger partial charge on any atom is -0.493 e. The number of ether oxygens (including phenoxy) is 2. The van der Waals surface area contributed by atoms with Gasteiger partial charge in [-0.15, -0.1) is 0 Å². The molecular weight excluding hydrogens is 400 g/mol. The number of nitrogens with one attached hydrogen (secondary N) is 2. The summed E-state index contributed by atoms with van der Waals surface area (Å²) in [6.07, 6.45) is 0.721. The maximum Gasteiger partial charge on any atom is 0.335 e. The van der Waals surface area contributed by atoms with E-state index in [4.69, 9.17) is 9.47 Å². The van der Waals surface area contributed by atoms with Crippen LogP contribution in [0.25, 0.3) is 0 Å². The van der Waals surface area contributed by atoms with Crippen molar-refractivity contribution < 1.29 is 29.3 Å². The van der Waals surface area contributed by atoms with Crippen molar-refractivity contribution in [2.75, 3.05) is 13.7 Å². The first-order valence-electron chi connectivity index (χ1n) is 10.3. The quantitative estimate of drug-likeness (QED) is 0.494. The third-order valence-electron chi connectivity index (χ3n) is 6.12. The smallest absolute Gasteiger partial charge is 0.335 e. The van der Waals surface area contributed by atoms with Crippen LogP contribution in [0, 0.1) is 5.92 Å². The maximum atomic E-state index is 12.2. The molecule has 0 saturated carbocycles. The molecule has 2 aromatic carbocycles. The predicted octanol–water partition coefficient (Wildman–Crippen LogP) is 1.62. The van der Waals surface area contributed by atoms with Crippen LogP contribution in [-0.2, 0) is 22.4 Å². The first-order chi connectivity index (χ1) is 15.0. The molecule has 2 aliphatic rings. The number of aliphatic hydroxyl groups excluding tert-OH is 1. The van der Waals surface area contributed by atoms with E-state index in [9.17, 15) is 19.8 Å². The van der Waals surface area contributed by atoms with E-state index in [1.807, 2.05) is 12.1 Å². The molecule has 0 aromatic heterocycles. The Balaban J connectivity index is 1.61. The number of hydrazine groups is 1. The van der Waals surface area contributed by atoms with E-state index in [1.165, 1.54) is 24.8 Å². The van der Waals surface area contributed by atoms with Crippen LogP contribution in [0.3, 0.4) is 0 Å². The topological polar surface area (TPSA) is 117 Å². The minimum atomic E-state index is -1.02. The molecule has 8 nitrogen and oxygen atoms in total. The second kappa shape index (κ2) is 9.05. The normalized spacial score (nSPS) is 23.1. The van der Waals surface area contributed by atoms with Gasteiger partial charge < -0.3 is 19.7 Å². The summed E-state index contributed by atoms with van der Waals surface area (Å²) in [5.41, 5.74) is 9.30. The average molecular weight is 426 g/mol. The molecule has 164 valence electrons. The van der Waals surface area contributed by atoms with Crippen molar-refractivity contribution in [3.05, 3.63) is 64.7 Å². The number of hydrogen-bond acceptors (Lipinski definition) is 7. The highest BCUT2D eigenvalue weighted by molar-refractivity contribution is 5.87. The SMILES string of the molecule is COC(=O)CC(c1ccc(C(=O)O)cc1)C1C(O)NNC1Cc1ccc2c(c1)CCO2. The first kappa shape index (κ1) is 21.3. The van der Waals surface area contributed by atoms with Crippen LogP contribution < -0.4 is 15.6 Å². The standard InChI is InChI=1S/C23H26N2O6/c1-30-20(26)12-17(14-3-5-15(6-4-14)23(28)29)21-18(24-25-22(21)27)11-13-2-7-19-16(10-13)8-9-31-19/h2-7,10,17-18,21-22,24-25,27H,8-9,11-12H2,1H3,(H,28,29). The molecule has 8 heteroatoms. The molecule has 1 fully saturated rings. The molecule has 0 amide bonds. The van der Waals surface area contributed by atoms with E-state index in [-0.39, 0.29) is 35.8 Å². The van der Waals surface area contributed by atoms with Crippen molar-refractivity contribution in [1.29, 1.82) is 0 Å². The van der Waals surface area contributed by atoms with Gasteiger partial charge in [0.15, 0.2) is 0 Å². The lowest BCUT2D eigenvalue weighted by Gasteiger charge is -2.29. The van der Waals surface area contributed by atoms with Gasteiger partial charge in [0.2, 0.25) is 0 Å². The molecule has 1 saturated heterocycles. The van der Waals surface area contributed by atoms with E-state index in [0.29, 0.717) is 13.0 Å². The predicted molar refractivity (Wildman–Crippen MR) is 112 cm³/mol. The minimum absolute atomic E-state index is 0.0720. The number of aliphatic hydroxyl groups is 1. The van der Waals surface area contributed by atoms with Gasteiger partial charge in [-0.05, 0) is 41.3 Å². The highest BCUT2D eigenvalue weighted by Gasteiger charge is 2.42. The lowest BCUT2D eigenvalue weighted by Crippen LogP contribution is -2.36. The molecule has 2 heterocycles. The summed E-state index contributed by atoms with van der Waals surface area (Å²) in [5, 5.41) is 19.9. The Hall–Kier alpha value is -2.94. The molecule has 4 atom stereocenters. The van der Waals surface area contributed by atoms with Gasteiger partial charge in [0, 0.05) is 24.3 Å². The number of carboxylic acid groups (broad SMARTS) is 1. The van der Waals surface area contributed by atoms with Crippen molar-refractivity contribution in [2.45, 2.75) is 37.5 Å². The van der Waals surface area contributed by atoms with E-state index in [1.54, 1.807) is 12.1 Å². The van der Waals surface area contributed by atoms with Gasteiger partial charge in [0.25, 0.3) is 0 Å². The molecular formula is C23H26N2O6. The molecule has 4 N–H and O–H groups in total. The lowest BCUT2D eigenvalue weighted by atomic mass is 9.77. The number of carbonyl (C=O) groups excluding carboxylic acids is 1. The highest BCUT2D eigenvalue weighted by Crippen LogP contribution is 2.36. The van der Waals surface area contributed by atoms with Crippen LogP contribution in [0.5, 0.6) is 5.75 Å². The molecule has 0 aliphatic carbocycles.